The molecule has 0 aliphatic carbocycles. The van der Waals surface area contributed by atoms with E-state index in [0.29, 0.717) is 11.8 Å². The van der Waals surface area contributed by atoms with Crippen molar-refractivity contribution in [1.82, 2.24) is 9.55 Å². The third-order valence-electron chi connectivity index (χ3n) is 2.94. The first-order valence-electron chi connectivity index (χ1n) is 7.28. The van der Waals surface area contributed by atoms with Crippen LogP contribution < -0.4 is 4.74 Å². The Morgan fingerprint density at radius 1 is 1.18 bits per heavy atom. The van der Waals surface area contributed by atoms with Crippen molar-refractivity contribution >= 4 is 11.9 Å². The van der Waals surface area contributed by atoms with Gasteiger partial charge < -0.3 is 14.6 Å². The Balaban J connectivity index is 3.25. The number of carboxylic acid groups (broad SMARTS) is 1. The number of nitrogens with zero attached hydrogens (tertiary/aromatic N) is 2. The summed E-state index contributed by atoms with van der Waals surface area (Å²) in [6.07, 6.45) is 1.46. The van der Waals surface area contributed by atoms with E-state index in [1.165, 1.54) is 7.11 Å². The molecule has 1 heterocycles. The highest BCUT2D eigenvalue weighted by molar-refractivity contribution is 6.29. The summed E-state index contributed by atoms with van der Waals surface area (Å²) in [5.74, 6) is -2.25. The van der Waals surface area contributed by atoms with Gasteiger partial charge >= 0.3 is 17.9 Å². The fraction of sp³-hybridized carbons (Fsp3) is 0.667. The van der Waals surface area contributed by atoms with Gasteiger partial charge in [0, 0.05) is 12.8 Å². The summed E-state index contributed by atoms with van der Waals surface area (Å²) in [5, 5.41) is 8.69. The molecule has 0 unspecified atom stereocenters. The lowest BCUT2D eigenvalue weighted by atomic mass is 10.0. The molecule has 1 aromatic rings. The number of methoxy groups -OCH3 is 1. The monoisotopic (exact) mass is 312 g/mol. The van der Waals surface area contributed by atoms with Crippen molar-refractivity contribution in [1.29, 1.82) is 0 Å². The normalized spacial score (nSPS) is 11.2. The van der Waals surface area contributed by atoms with E-state index in [4.69, 9.17) is 14.6 Å². The Morgan fingerprint density at radius 2 is 1.77 bits per heavy atom. The van der Waals surface area contributed by atoms with Crippen molar-refractivity contribution in [3.8, 4) is 6.01 Å². The summed E-state index contributed by atoms with van der Waals surface area (Å²) in [4.78, 5) is 26.3. The van der Waals surface area contributed by atoms with Crippen molar-refractivity contribution < 1.29 is 24.2 Å². The van der Waals surface area contributed by atoms with Crippen LogP contribution in [0.25, 0.3) is 0 Å². The topological polar surface area (TPSA) is 90.7 Å². The van der Waals surface area contributed by atoms with Crippen molar-refractivity contribution in [2.75, 3.05) is 7.11 Å². The van der Waals surface area contributed by atoms with Crippen LogP contribution in [0.5, 0.6) is 6.01 Å². The van der Waals surface area contributed by atoms with Gasteiger partial charge in [-0.2, -0.15) is 4.98 Å². The summed E-state index contributed by atoms with van der Waals surface area (Å²) < 4.78 is 11.6. The quantitative estimate of drug-likeness (QED) is 0.610. The number of aromatic nitrogens is 2. The zero-order valence-electron chi connectivity index (χ0n) is 13.8. The lowest BCUT2D eigenvalue weighted by Gasteiger charge is -2.13. The number of carbonyl (C=O) groups is 2. The minimum atomic E-state index is -1.65. The molecule has 0 aromatic carbocycles. The van der Waals surface area contributed by atoms with Gasteiger partial charge in [-0.1, -0.05) is 27.7 Å². The molecule has 0 aliphatic heterocycles. The highest BCUT2D eigenvalue weighted by atomic mass is 16.6. The van der Waals surface area contributed by atoms with E-state index in [2.05, 4.69) is 32.7 Å². The Bertz CT molecular complexity index is 534. The predicted octanol–water partition coefficient (Wildman–Crippen LogP) is 1.87. The highest BCUT2D eigenvalue weighted by Gasteiger charge is 2.24. The molecule has 0 spiro atoms. The van der Waals surface area contributed by atoms with Gasteiger partial charge in [-0.15, -0.1) is 0 Å². The van der Waals surface area contributed by atoms with E-state index in [1.807, 2.05) is 0 Å². The Morgan fingerprint density at radius 3 is 2.23 bits per heavy atom. The number of hydrogen-bond donors (Lipinski definition) is 1. The number of carboxylic acids is 1. The molecule has 7 heteroatoms. The average molecular weight is 312 g/mol. The number of esters is 1. The van der Waals surface area contributed by atoms with Crippen molar-refractivity contribution in [2.24, 2.45) is 11.8 Å². The van der Waals surface area contributed by atoms with Crippen LogP contribution in [-0.2, 0) is 33.9 Å². The smallest absolute Gasteiger partial charge is 0.425 e. The summed E-state index contributed by atoms with van der Waals surface area (Å²) in [7, 11) is 1.52. The van der Waals surface area contributed by atoms with E-state index in [-0.39, 0.29) is 12.7 Å². The van der Waals surface area contributed by atoms with E-state index in [0.717, 1.165) is 24.2 Å². The summed E-state index contributed by atoms with van der Waals surface area (Å²) in [5.41, 5.74) is 1.73. The molecule has 22 heavy (non-hydrogen) atoms. The second-order valence-corrected chi connectivity index (χ2v) is 6.02. The van der Waals surface area contributed by atoms with Gasteiger partial charge in [-0.05, 0) is 24.7 Å². The fourth-order valence-electron chi connectivity index (χ4n) is 2.14. The molecule has 7 nitrogen and oxygen atoms in total. The lowest BCUT2D eigenvalue weighted by molar-refractivity contribution is -0.158. The first-order chi connectivity index (χ1) is 10.3. The van der Waals surface area contributed by atoms with Crippen LogP contribution in [-0.4, -0.2) is 33.7 Å². The Hall–Kier alpha value is -1.89. The molecular weight excluding hydrogens is 288 g/mol. The standard InChI is InChI=1S/C15H24N2O5/c1-9(2)6-11-12(7-10(3)4)17(8-21-5)15(16-11)22-14(20)13(18)19/h9-10H,6-8H2,1-5H3,(H,18,19). The number of imidazole rings is 1. The van der Waals surface area contributed by atoms with E-state index in [1.54, 1.807) is 4.57 Å². The van der Waals surface area contributed by atoms with Crippen LogP contribution in [0.2, 0.25) is 0 Å². The SMILES string of the molecule is COCn1c(OC(=O)C(=O)O)nc(CC(C)C)c1CC(C)C. The van der Waals surface area contributed by atoms with Gasteiger partial charge in [0.25, 0.3) is 0 Å². The number of rotatable bonds is 7. The van der Waals surface area contributed by atoms with Crippen LogP contribution in [0.3, 0.4) is 0 Å². The molecule has 1 aromatic heterocycles. The van der Waals surface area contributed by atoms with E-state index in [9.17, 15) is 9.59 Å². The zero-order chi connectivity index (χ0) is 16.9. The van der Waals surface area contributed by atoms with Crippen molar-refractivity contribution in [3.63, 3.8) is 0 Å². The third kappa shape index (κ3) is 4.84. The number of hydrogen-bond acceptors (Lipinski definition) is 5. The molecule has 0 radical (unpaired) electrons. The molecule has 1 N–H and O–H groups in total. The van der Waals surface area contributed by atoms with E-state index >= 15 is 0 Å². The summed E-state index contributed by atoms with van der Waals surface area (Å²) >= 11 is 0. The molecule has 0 atom stereocenters. The predicted molar refractivity (Wildman–Crippen MR) is 79.6 cm³/mol. The average Bonchev–Trinajstić information content (AvgIpc) is 2.67. The van der Waals surface area contributed by atoms with Gasteiger partial charge in [0.2, 0.25) is 0 Å². The molecule has 0 saturated carbocycles. The van der Waals surface area contributed by atoms with Gasteiger partial charge in [-0.3, -0.25) is 4.57 Å². The summed E-state index contributed by atoms with van der Waals surface area (Å²) in [6.45, 7) is 8.43. The van der Waals surface area contributed by atoms with Crippen molar-refractivity contribution in [3.05, 3.63) is 11.4 Å². The van der Waals surface area contributed by atoms with Crippen LogP contribution >= 0.6 is 0 Å². The number of carbonyl (C=O) groups excluding carboxylic acids is 1. The molecule has 0 bridgehead atoms. The first kappa shape index (κ1) is 18.2. The maximum Gasteiger partial charge on any atom is 0.425 e. The van der Waals surface area contributed by atoms with Gasteiger partial charge in [0.1, 0.15) is 6.73 Å². The van der Waals surface area contributed by atoms with Gasteiger partial charge in [-0.25, -0.2) is 9.59 Å². The third-order valence-corrected chi connectivity index (χ3v) is 2.94. The van der Waals surface area contributed by atoms with Gasteiger partial charge in [0.05, 0.1) is 5.69 Å². The van der Waals surface area contributed by atoms with Crippen molar-refractivity contribution in [2.45, 2.75) is 47.3 Å². The second kappa shape index (κ2) is 7.93. The van der Waals surface area contributed by atoms with Crippen LogP contribution in [0, 0.1) is 11.8 Å². The van der Waals surface area contributed by atoms with E-state index < -0.39 is 11.9 Å². The molecule has 124 valence electrons. The Kier molecular flexibility index (Phi) is 6.55. The molecule has 1 rings (SSSR count). The zero-order valence-corrected chi connectivity index (χ0v) is 13.8. The van der Waals surface area contributed by atoms with Crippen LogP contribution in [0.15, 0.2) is 0 Å². The maximum absolute atomic E-state index is 11.3. The first-order valence-corrected chi connectivity index (χ1v) is 7.28. The minimum absolute atomic E-state index is 0.0273. The van der Waals surface area contributed by atoms with Gasteiger partial charge in [0.15, 0.2) is 0 Å². The maximum atomic E-state index is 11.3. The lowest BCUT2D eigenvalue weighted by Crippen LogP contribution is -2.22. The molecule has 0 amide bonds. The molecule has 0 fully saturated rings. The largest absolute Gasteiger partial charge is 0.473 e. The number of aliphatic carboxylic acids is 1. The molecule has 0 saturated heterocycles. The fourth-order valence-corrected chi connectivity index (χ4v) is 2.14. The molecular formula is C15H24N2O5. The Labute approximate surface area is 130 Å². The highest BCUT2D eigenvalue weighted by Crippen LogP contribution is 2.24. The molecule has 0 aliphatic rings. The summed E-state index contributed by atoms with van der Waals surface area (Å²) in [6, 6.07) is -0.0273. The van der Waals surface area contributed by atoms with Crippen LogP contribution in [0.4, 0.5) is 0 Å². The van der Waals surface area contributed by atoms with Crippen LogP contribution in [0.1, 0.15) is 39.1 Å². The number of ether oxygens (including phenoxy) is 2. The minimum Gasteiger partial charge on any atom is -0.473 e. The second-order valence-electron chi connectivity index (χ2n) is 6.02.